The number of carbonyl (C=O) groups excluding carboxylic acids is 2. The van der Waals surface area contributed by atoms with Crippen molar-refractivity contribution in [3.05, 3.63) is 83.8 Å². The summed E-state index contributed by atoms with van der Waals surface area (Å²) in [6.07, 6.45) is 5.52. The maximum Gasteiger partial charge on any atom is 0.291 e. The van der Waals surface area contributed by atoms with Crippen LogP contribution in [0.3, 0.4) is 0 Å². The Morgan fingerprint density at radius 1 is 1.07 bits per heavy atom. The zero-order valence-electron chi connectivity index (χ0n) is 23.1. The first-order valence-corrected chi connectivity index (χ1v) is 13.5. The number of piperazine rings is 1. The Bertz CT molecular complexity index is 1510. The molecular formula is C30H33FN6O4. The molecule has 0 spiro atoms. The fourth-order valence-corrected chi connectivity index (χ4v) is 4.56. The van der Waals surface area contributed by atoms with E-state index < -0.39 is 11.7 Å². The Morgan fingerprint density at radius 3 is 2.66 bits per heavy atom. The Kier molecular flexibility index (Phi) is 8.76. The van der Waals surface area contributed by atoms with Crippen LogP contribution in [0.5, 0.6) is 11.5 Å². The van der Waals surface area contributed by atoms with E-state index in [1.54, 1.807) is 43.6 Å². The lowest BCUT2D eigenvalue weighted by atomic mass is 10.2. The zero-order valence-corrected chi connectivity index (χ0v) is 23.1. The second kappa shape index (κ2) is 12.8. The van der Waals surface area contributed by atoms with Crippen LogP contribution >= 0.6 is 0 Å². The third kappa shape index (κ3) is 7.19. The lowest BCUT2D eigenvalue weighted by Crippen LogP contribution is -2.45. The molecule has 1 saturated heterocycles. The Balaban J connectivity index is 1.17. The van der Waals surface area contributed by atoms with Gasteiger partial charge in [-0.05, 0) is 57.3 Å². The molecule has 0 aliphatic carbocycles. The SMILES string of the molecule is Cc1ccoc1C(=O)Nc1cc(Oc2ccnc(-c3cc(C(=O)NCCCN4CCN(C)CC4)c[nH]3)c2)ccc1F. The van der Waals surface area contributed by atoms with Gasteiger partial charge in [0.05, 0.1) is 28.9 Å². The van der Waals surface area contributed by atoms with Crippen LogP contribution in [0.25, 0.3) is 11.4 Å². The van der Waals surface area contributed by atoms with Gasteiger partial charge in [0.1, 0.15) is 17.3 Å². The number of H-pyrrole nitrogens is 1. The lowest BCUT2D eigenvalue weighted by molar-refractivity contribution is 0.0948. The number of halogens is 1. The molecule has 1 aromatic carbocycles. The number of aryl methyl sites for hydroxylation is 1. The van der Waals surface area contributed by atoms with Crippen LogP contribution in [0.15, 0.2) is 65.5 Å². The van der Waals surface area contributed by atoms with Gasteiger partial charge in [-0.3, -0.25) is 14.6 Å². The fourth-order valence-electron chi connectivity index (χ4n) is 4.56. The predicted molar refractivity (Wildman–Crippen MR) is 153 cm³/mol. The number of nitrogens with zero attached hydrogens (tertiary/aromatic N) is 3. The molecule has 5 rings (SSSR count). The quantitative estimate of drug-likeness (QED) is 0.244. The van der Waals surface area contributed by atoms with E-state index in [0.29, 0.717) is 40.6 Å². The lowest BCUT2D eigenvalue weighted by Gasteiger charge is -2.32. The number of aromatic amines is 1. The molecular weight excluding hydrogens is 527 g/mol. The molecule has 41 heavy (non-hydrogen) atoms. The minimum Gasteiger partial charge on any atom is -0.459 e. The number of pyridine rings is 1. The molecule has 1 fully saturated rings. The molecule has 0 radical (unpaired) electrons. The topological polar surface area (TPSA) is 116 Å². The van der Waals surface area contributed by atoms with Gasteiger partial charge < -0.3 is 34.6 Å². The first-order valence-electron chi connectivity index (χ1n) is 13.5. The van der Waals surface area contributed by atoms with Crippen LogP contribution in [0.1, 0.15) is 32.9 Å². The normalized spacial score (nSPS) is 14.1. The number of rotatable bonds is 10. The summed E-state index contributed by atoms with van der Waals surface area (Å²) in [6.45, 7) is 7.58. The smallest absolute Gasteiger partial charge is 0.291 e. The molecule has 1 aliphatic rings. The summed E-state index contributed by atoms with van der Waals surface area (Å²) in [6, 6.07) is 10.8. The van der Waals surface area contributed by atoms with Crippen molar-refractivity contribution in [2.24, 2.45) is 0 Å². The van der Waals surface area contributed by atoms with Crippen molar-refractivity contribution in [3.8, 4) is 22.9 Å². The van der Waals surface area contributed by atoms with Crippen molar-refractivity contribution in [1.82, 2.24) is 25.1 Å². The van der Waals surface area contributed by atoms with E-state index >= 15 is 0 Å². The van der Waals surface area contributed by atoms with Gasteiger partial charge in [-0.2, -0.15) is 0 Å². The summed E-state index contributed by atoms with van der Waals surface area (Å²) >= 11 is 0. The van der Waals surface area contributed by atoms with Crippen molar-refractivity contribution < 1.29 is 23.1 Å². The number of carbonyl (C=O) groups is 2. The Hall–Kier alpha value is -4.48. The van der Waals surface area contributed by atoms with Gasteiger partial charge in [0.2, 0.25) is 0 Å². The summed E-state index contributed by atoms with van der Waals surface area (Å²) in [7, 11) is 2.14. The number of hydrogen-bond donors (Lipinski definition) is 3. The van der Waals surface area contributed by atoms with Crippen LogP contribution in [0, 0.1) is 12.7 Å². The van der Waals surface area contributed by atoms with Crippen LogP contribution in [-0.4, -0.2) is 77.9 Å². The van der Waals surface area contributed by atoms with Gasteiger partial charge in [-0.15, -0.1) is 0 Å². The van der Waals surface area contributed by atoms with Gasteiger partial charge in [0, 0.05) is 62.8 Å². The highest BCUT2D eigenvalue weighted by molar-refractivity contribution is 6.03. The first kappa shape index (κ1) is 28.1. The number of ether oxygens (including phenoxy) is 1. The third-order valence-electron chi connectivity index (χ3n) is 6.98. The van der Waals surface area contributed by atoms with Gasteiger partial charge >= 0.3 is 0 Å². The zero-order chi connectivity index (χ0) is 28.8. The van der Waals surface area contributed by atoms with Crippen LogP contribution in [0.4, 0.5) is 10.1 Å². The van der Waals surface area contributed by atoms with E-state index in [0.717, 1.165) is 39.1 Å². The number of amides is 2. The van der Waals surface area contributed by atoms with Crippen molar-refractivity contribution in [3.63, 3.8) is 0 Å². The van der Waals surface area contributed by atoms with E-state index in [9.17, 15) is 14.0 Å². The summed E-state index contributed by atoms with van der Waals surface area (Å²) in [4.78, 5) is 37.3. The highest BCUT2D eigenvalue weighted by atomic mass is 19.1. The van der Waals surface area contributed by atoms with E-state index in [-0.39, 0.29) is 17.4 Å². The minimum atomic E-state index is -0.609. The standard InChI is InChI=1S/C30H33FN6O4/c1-20-7-15-40-28(20)30(39)35-25-17-22(4-5-24(25)31)41-23-6-9-32-27(18-23)26-16-21(19-34-26)29(38)33-8-3-10-37-13-11-36(2)12-14-37/h4-7,9,15-19,34H,3,8,10-14H2,1-2H3,(H,33,38)(H,35,39). The molecule has 214 valence electrons. The highest BCUT2D eigenvalue weighted by Crippen LogP contribution is 2.29. The molecule has 0 saturated carbocycles. The number of anilines is 1. The monoisotopic (exact) mass is 560 g/mol. The summed E-state index contributed by atoms with van der Waals surface area (Å²) in [5, 5.41) is 5.50. The first-order chi connectivity index (χ1) is 19.9. The minimum absolute atomic E-state index is 0.0406. The van der Waals surface area contributed by atoms with Crippen LogP contribution in [0.2, 0.25) is 0 Å². The predicted octanol–water partition coefficient (Wildman–Crippen LogP) is 4.53. The van der Waals surface area contributed by atoms with Crippen molar-refractivity contribution in [2.45, 2.75) is 13.3 Å². The van der Waals surface area contributed by atoms with Gasteiger partial charge in [0.15, 0.2) is 5.76 Å². The second-order valence-corrected chi connectivity index (χ2v) is 10.1. The van der Waals surface area contributed by atoms with E-state index in [1.165, 1.54) is 24.5 Å². The molecule has 3 N–H and O–H groups in total. The number of benzene rings is 1. The van der Waals surface area contributed by atoms with E-state index in [1.807, 2.05) is 0 Å². The number of aromatic nitrogens is 2. The average molecular weight is 561 g/mol. The number of nitrogens with one attached hydrogen (secondary N) is 3. The highest BCUT2D eigenvalue weighted by Gasteiger charge is 2.17. The van der Waals surface area contributed by atoms with Gasteiger partial charge in [-0.25, -0.2) is 4.39 Å². The van der Waals surface area contributed by atoms with Crippen molar-refractivity contribution in [2.75, 3.05) is 51.6 Å². The second-order valence-electron chi connectivity index (χ2n) is 10.1. The Morgan fingerprint density at radius 2 is 1.88 bits per heavy atom. The molecule has 3 aromatic heterocycles. The summed E-state index contributed by atoms with van der Waals surface area (Å²) in [5.74, 6) is -0.440. The van der Waals surface area contributed by atoms with Crippen LogP contribution < -0.4 is 15.4 Å². The van der Waals surface area contributed by atoms with E-state index in [2.05, 4.69) is 37.4 Å². The average Bonchev–Trinajstić information content (AvgIpc) is 3.64. The Labute approximate surface area is 237 Å². The van der Waals surface area contributed by atoms with Crippen molar-refractivity contribution in [1.29, 1.82) is 0 Å². The molecule has 11 heteroatoms. The maximum atomic E-state index is 14.4. The third-order valence-corrected chi connectivity index (χ3v) is 6.98. The maximum absolute atomic E-state index is 14.4. The molecule has 0 unspecified atom stereocenters. The van der Waals surface area contributed by atoms with Gasteiger partial charge in [-0.1, -0.05) is 0 Å². The summed E-state index contributed by atoms with van der Waals surface area (Å²) < 4.78 is 25.5. The molecule has 0 bridgehead atoms. The fraction of sp³-hybridized carbons (Fsp3) is 0.300. The van der Waals surface area contributed by atoms with E-state index in [4.69, 9.17) is 9.15 Å². The molecule has 2 amide bonds. The molecule has 1 aliphatic heterocycles. The van der Waals surface area contributed by atoms with Crippen LogP contribution in [-0.2, 0) is 0 Å². The molecule has 0 atom stereocenters. The number of likely N-dealkylation sites (N-methyl/N-ethyl adjacent to an activating group) is 1. The number of furan rings is 1. The van der Waals surface area contributed by atoms with Gasteiger partial charge in [0.25, 0.3) is 11.8 Å². The molecule has 4 heterocycles. The molecule has 10 nitrogen and oxygen atoms in total. The van der Waals surface area contributed by atoms with Crippen molar-refractivity contribution >= 4 is 17.5 Å². The largest absolute Gasteiger partial charge is 0.459 e. The number of hydrogen-bond acceptors (Lipinski definition) is 7. The molecule has 4 aromatic rings. The summed E-state index contributed by atoms with van der Waals surface area (Å²) in [5.41, 5.74) is 2.34.